The van der Waals surface area contributed by atoms with Crippen LogP contribution in [0.4, 0.5) is 0 Å². The van der Waals surface area contributed by atoms with Gasteiger partial charge in [-0.1, -0.05) is 24.2 Å². The Morgan fingerprint density at radius 3 is 2.50 bits per heavy atom. The fraction of sp³-hybridized carbons (Fsp3) is 0.619. The second kappa shape index (κ2) is 9.93. The topological polar surface area (TPSA) is 99.8 Å². The number of allylic oxidation sites excluding steroid dienone is 2. The van der Waals surface area contributed by atoms with E-state index in [0.717, 1.165) is 30.8 Å². The van der Waals surface area contributed by atoms with Crippen LogP contribution in [0.15, 0.2) is 27.7 Å². The van der Waals surface area contributed by atoms with Crippen molar-refractivity contribution in [2.45, 2.75) is 39.7 Å². The highest BCUT2D eigenvalue weighted by Crippen LogP contribution is 2.52. The lowest BCUT2D eigenvalue weighted by Crippen LogP contribution is -2.40. The van der Waals surface area contributed by atoms with Crippen molar-refractivity contribution in [2.24, 2.45) is 28.7 Å². The molecule has 30 heavy (non-hydrogen) atoms. The van der Waals surface area contributed by atoms with Gasteiger partial charge in [-0.2, -0.15) is 0 Å². The van der Waals surface area contributed by atoms with Crippen LogP contribution < -0.4 is 10.6 Å². The molecule has 3 aliphatic rings. The third kappa shape index (κ3) is 4.40. The maximum atomic E-state index is 12.7. The molecular formula is C21H30IN5O3. The summed E-state index contributed by atoms with van der Waals surface area (Å²) < 4.78 is 5.26. The average Bonchev–Trinajstić information content (AvgIpc) is 3.49. The summed E-state index contributed by atoms with van der Waals surface area (Å²) >= 11 is 0. The number of carbonyl (C=O) groups excluding carboxylic acids is 2. The molecule has 9 heteroatoms. The number of guanidine groups is 1. The van der Waals surface area contributed by atoms with Crippen molar-refractivity contribution in [2.75, 3.05) is 19.6 Å². The lowest BCUT2D eigenvalue weighted by atomic mass is 9.85. The minimum Gasteiger partial charge on any atom is -0.359 e. The third-order valence-electron chi connectivity index (χ3n) is 6.12. The minimum absolute atomic E-state index is 0. The minimum atomic E-state index is -0.112. The van der Waals surface area contributed by atoms with Gasteiger partial charge in [-0.25, -0.2) is 4.99 Å². The van der Waals surface area contributed by atoms with Crippen LogP contribution in [-0.4, -0.2) is 47.5 Å². The molecule has 4 unspecified atom stereocenters. The molecule has 1 saturated carbocycles. The van der Waals surface area contributed by atoms with E-state index in [1.165, 1.54) is 4.90 Å². The number of hydrogen-bond acceptors (Lipinski definition) is 5. The highest BCUT2D eigenvalue weighted by Gasteiger charge is 2.58. The van der Waals surface area contributed by atoms with Crippen molar-refractivity contribution < 1.29 is 14.1 Å². The average molecular weight is 527 g/mol. The number of rotatable bonds is 8. The van der Waals surface area contributed by atoms with Gasteiger partial charge in [0.15, 0.2) is 11.7 Å². The molecule has 2 N–H and O–H groups in total. The molecule has 1 aromatic rings. The van der Waals surface area contributed by atoms with E-state index >= 15 is 0 Å². The first kappa shape index (κ1) is 22.8. The molecule has 2 bridgehead atoms. The zero-order valence-corrected chi connectivity index (χ0v) is 19.8. The molecule has 1 aliphatic heterocycles. The van der Waals surface area contributed by atoms with E-state index in [-0.39, 0.29) is 59.5 Å². The lowest BCUT2D eigenvalue weighted by molar-refractivity contribution is -0.140. The Kier molecular flexibility index (Phi) is 7.54. The first-order valence-corrected chi connectivity index (χ1v) is 10.6. The summed E-state index contributed by atoms with van der Waals surface area (Å²) in [5, 5.41) is 10.4. The van der Waals surface area contributed by atoms with Gasteiger partial charge < -0.3 is 15.2 Å². The molecule has 0 aromatic carbocycles. The quantitative estimate of drug-likeness (QED) is 0.134. The molecule has 2 fully saturated rings. The second-order valence-electron chi connectivity index (χ2n) is 7.94. The molecule has 8 nitrogen and oxygen atoms in total. The maximum Gasteiger partial charge on any atom is 0.233 e. The summed E-state index contributed by atoms with van der Waals surface area (Å²) in [5.41, 5.74) is 0.918. The van der Waals surface area contributed by atoms with E-state index in [1.807, 2.05) is 19.9 Å². The number of fused-ring (bicyclic) bond motifs is 5. The Hall–Kier alpha value is -1.91. The zero-order valence-electron chi connectivity index (χ0n) is 17.5. The lowest BCUT2D eigenvalue weighted by Gasteiger charge is -2.18. The highest BCUT2D eigenvalue weighted by molar-refractivity contribution is 14.0. The number of nitrogens with zero attached hydrogens (tertiary/aromatic N) is 3. The maximum absolute atomic E-state index is 12.7. The summed E-state index contributed by atoms with van der Waals surface area (Å²) in [6.45, 7) is 6.26. The van der Waals surface area contributed by atoms with E-state index < -0.39 is 0 Å². The molecule has 2 heterocycles. The predicted octanol–water partition coefficient (Wildman–Crippen LogP) is 2.11. The first-order chi connectivity index (χ1) is 14.1. The summed E-state index contributed by atoms with van der Waals surface area (Å²) in [5.74, 6) is 1.76. The Morgan fingerprint density at radius 2 is 1.90 bits per heavy atom. The number of halogens is 1. The number of hydrogen-bond donors (Lipinski definition) is 2. The van der Waals surface area contributed by atoms with Gasteiger partial charge in [-0.15, -0.1) is 24.0 Å². The van der Waals surface area contributed by atoms with Crippen molar-refractivity contribution in [3.63, 3.8) is 0 Å². The molecule has 164 valence electrons. The monoisotopic (exact) mass is 527 g/mol. The van der Waals surface area contributed by atoms with Gasteiger partial charge in [0, 0.05) is 25.7 Å². The fourth-order valence-electron chi connectivity index (χ4n) is 4.72. The number of likely N-dealkylation sites (tertiary alicyclic amines) is 1. The van der Waals surface area contributed by atoms with Gasteiger partial charge >= 0.3 is 0 Å². The van der Waals surface area contributed by atoms with Crippen molar-refractivity contribution in [1.82, 2.24) is 20.7 Å². The zero-order chi connectivity index (χ0) is 20.4. The SMILES string of the molecule is CCNC(=NCc1cc(CC)no1)NCCCN1C(=O)C2C3C=CC(C3)C2C1=O.I. The second-order valence-corrected chi connectivity index (χ2v) is 7.94. The van der Waals surface area contributed by atoms with Crippen molar-refractivity contribution in [1.29, 1.82) is 0 Å². The van der Waals surface area contributed by atoms with Gasteiger partial charge in [0.1, 0.15) is 6.54 Å². The fourth-order valence-corrected chi connectivity index (χ4v) is 4.72. The Bertz CT molecular complexity index is 806. The number of aryl methyl sites for hydroxylation is 1. The molecule has 1 saturated heterocycles. The van der Waals surface area contributed by atoms with Crippen LogP contribution in [0.1, 0.15) is 38.1 Å². The van der Waals surface area contributed by atoms with Crippen LogP contribution in [0.25, 0.3) is 0 Å². The first-order valence-electron chi connectivity index (χ1n) is 10.6. The van der Waals surface area contributed by atoms with Gasteiger partial charge in [-0.05, 0) is 38.0 Å². The van der Waals surface area contributed by atoms with Crippen molar-refractivity contribution in [3.05, 3.63) is 29.7 Å². The van der Waals surface area contributed by atoms with Crippen molar-refractivity contribution >= 4 is 41.8 Å². The van der Waals surface area contributed by atoms with Crippen LogP contribution in [-0.2, 0) is 22.6 Å². The van der Waals surface area contributed by atoms with Gasteiger partial charge in [0.25, 0.3) is 0 Å². The van der Waals surface area contributed by atoms with E-state index in [4.69, 9.17) is 4.52 Å². The third-order valence-corrected chi connectivity index (χ3v) is 6.12. The van der Waals surface area contributed by atoms with Crippen molar-refractivity contribution in [3.8, 4) is 0 Å². The summed E-state index contributed by atoms with van der Waals surface area (Å²) in [6, 6.07) is 1.91. The van der Waals surface area contributed by atoms with E-state index in [0.29, 0.717) is 32.0 Å². The molecule has 0 radical (unpaired) electrons. The molecular weight excluding hydrogens is 497 g/mol. The molecule has 2 amide bonds. The molecule has 4 rings (SSSR count). The number of carbonyl (C=O) groups is 2. The predicted molar refractivity (Wildman–Crippen MR) is 123 cm³/mol. The number of imide groups is 1. The smallest absolute Gasteiger partial charge is 0.233 e. The number of nitrogens with one attached hydrogen (secondary N) is 2. The normalized spacial score (nSPS) is 26.9. The van der Waals surface area contributed by atoms with Crippen LogP contribution in [0, 0.1) is 23.7 Å². The molecule has 1 aromatic heterocycles. The molecule has 2 aliphatic carbocycles. The Balaban J connectivity index is 0.00000256. The molecule has 4 atom stereocenters. The van der Waals surface area contributed by atoms with Crippen LogP contribution >= 0.6 is 24.0 Å². The summed E-state index contributed by atoms with van der Waals surface area (Å²) in [4.78, 5) is 31.4. The number of amides is 2. The largest absolute Gasteiger partial charge is 0.359 e. The van der Waals surface area contributed by atoms with Crippen LogP contribution in [0.5, 0.6) is 0 Å². The van der Waals surface area contributed by atoms with Gasteiger partial charge in [0.05, 0.1) is 17.5 Å². The molecule has 0 spiro atoms. The van der Waals surface area contributed by atoms with Gasteiger partial charge in [0.2, 0.25) is 11.8 Å². The van der Waals surface area contributed by atoms with Gasteiger partial charge in [-0.3, -0.25) is 14.5 Å². The van der Waals surface area contributed by atoms with Crippen LogP contribution in [0.3, 0.4) is 0 Å². The highest BCUT2D eigenvalue weighted by atomic mass is 127. The number of aromatic nitrogens is 1. The number of aliphatic imine (C=N–C) groups is 1. The Morgan fingerprint density at radius 1 is 1.20 bits per heavy atom. The van der Waals surface area contributed by atoms with Crippen LogP contribution in [0.2, 0.25) is 0 Å². The van der Waals surface area contributed by atoms with E-state index in [1.54, 1.807) is 0 Å². The standard InChI is InChI=1S/C21H29N5O3.HI/c1-3-15-11-16(29-25-15)12-24-21(22-4-2)23-8-5-9-26-19(27)17-13-6-7-14(10-13)18(17)20(26)28;/h6-7,11,13-14,17-18H,3-5,8-10,12H2,1-2H3,(H2,22,23,24);1H. The summed E-state index contributed by atoms with van der Waals surface area (Å²) in [7, 11) is 0. The van der Waals surface area contributed by atoms with E-state index in [9.17, 15) is 9.59 Å². The Labute approximate surface area is 193 Å². The summed E-state index contributed by atoms with van der Waals surface area (Å²) in [6.07, 6.45) is 6.74. The van der Waals surface area contributed by atoms with E-state index in [2.05, 4.69) is 32.9 Å².